The van der Waals surface area contributed by atoms with Crippen molar-refractivity contribution in [2.45, 2.75) is 13.8 Å². The van der Waals surface area contributed by atoms with E-state index in [2.05, 4.69) is 10.3 Å². The third kappa shape index (κ3) is 3.09. The quantitative estimate of drug-likeness (QED) is 0.879. The minimum Gasteiger partial charge on any atom is -0.351 e. The van der Waals surface area contributed by atoms with Crippen molar-refractivity contribution in [3.05, 3.63) is 42.1 Å². The lowest BCUT2D eigenvalue weighted by Crippen LogP contribution is -2.38. The molecule has 0 bridgehead atoms. The van der Waals surface area contributed by atoms with Gasteiger partial charge in [-0.2, -0.15) is 0 Å². The Bertz CT molecular complexity index is 587. The monoisotopic (exact) mass is 257 g/mol. The number of nitrogens with zero attached hydrogens (tertiary/aromatic N) is 1. The molecule has 0 saturated carbocycles. The number of pyridine rings is 1. The summed E-state index contributed by atoms with van der Waals surface area (Å²) in [5.41, 5.74) is 7.04. The van der Waals surface area contributed by atoms with E-state index in [-0.39, 0.29) is 11.3 Å². The number of carbonyl (C=O) groups excluding carboxylic acids is 1. The second kappa shape index (κ2) is 5.36. The Morgan fingerprint density at radius 2 is 2.05 bits per heavy atom. The smallest absolute Gasteiger partial charge is 0.252 e. The number of hydrogen-bond acceptors (Lipinski definition) is 3. The normalized spacial score (nSPS) is 11.5. The maximum atomic E-state index is 12.2. The first-order chi connectivity index (χ1) is 9.03. The molecule has 0 aliphatic heterocycles. The van der Waals surface area contributed by atoms with Gasteiger partial charge in [0.2, 0.25) is 0 Å². The van der Waals surface area contributed by atoms with Gasteiger partial charge in [0, 0.05) is 18.1 Å². The lowest BCUT2D eigenvalue weighted by Gasteiger charge is -2.22. The van der Waals surface area contributed by atoms with E-state index >= 15 is 0 Å². The molecule has 3 N–H and O–H groups in total. The minimum absolute atomic E-state index is 0.0832. The van der Waals surface area contributed by atoms with Crippen LogP contribution in [-0.2, 0) is 0 Å². The van der Waals surface area contributed by atoms with Gasteiger partial charge < -0.3 is 11.1 Å². The van der Waals surface area contributed by atoms with Crippen LogP contribution in [0.4, 0.5) is 0 Å². The zero-order valence-electron chi connectivity index (χ0n) is 11.3. The van der Waals surface area contributed by atoms with Crippen molar-refractivity contribution in [3.8, 4) is 0 Å². The van der Waals surface area contributed by atoms with E-state index in [9.17, 15) is 4.79 Å². The van der Waals surface area contributed by atoms with Crippen LogP contribution in [0.15, 0.2) is 36.5 Å². The Morgan fingerprint density at radius 3 is 2.79 bits per heavy atom. The van der Waals surface area contributed by atoms with Gasteiger partial charge in [-0.1, -0.05) is 32.0 Å². The number of rotatable bonds is 4. The summed E-state index contributed by atoms with van der Waals surface area (Å²) in [5.74, 6) is -0.0832. The van der Waals surface area contributed by atoms with E-state index in [1.165, 1.54) is 0 Å². The lowest BCUT2D eigenvalue weighted by molar-refractivity contribution is 0.0939. The highest BCUT2D eigenvalue weighted by molar-refractivity contribution is 6.05. The van der Waals surface area contributed by atoms with Gasteiger partial charge in [0.05, 0.1) is 11.1 Å². The van der Waals surface area contributed by atoms with Crippen molar-refractivity contribution in [1.29, 1.82) is 0 Å². The molecule has 100 valence electrons. The van der Waals surface area contributed by atoms with E-state index in [0.717, 1.165) is 10.9 Å². The summed E-state index contributed by atoms with van der Waals surface area (Å²) >= 11 is 0. The highest BCUT2D eigenvalue weighted by atomic mass is 16.1. The van der Waals surface area contributed by atoms with Crippen molar-refractivity contribution in [3.63, 3.8) is 0 Å². The Morgan fingerprint density at radius 1 is 1.32 bits per heavy atom. The minimum atomic E-state index is -0.0987. The molecule has 0 spiro atoms. The first-order valence-corrected chi connectivity index (χ1v) is 6.35. The number of hydrogen-bond donors (Lipinski definition) is 2. The van der Waals surface area contributed by atoms with Crippen LogP contribution in [0.1, 0.15) is 24.2 Å². The van der Waals surface area contributed by atoms with E-state index in [4.69, 9.17) is 5.73 Å². The summed E-state index contributed by atoms with van der Waals surface area (Å²) in [7, 11) is 0. The van der Waals surface area contributed by atoms with Crippen LogP contribution in [0.3, 0.4) is 0 Å². The van der Waals surface area contributed by atoms with Gasteiger partial charge in [-0.3, -0.25) is 9.78 Å². The molecular formula is C15H19N3O. The summed E-state index contributed by atoms with van der Waals surface area (Å²) in [4.78, 5) is 16.5. The predicted molar refractivity (Wildman–Crippen MR) is 76.9 cm³/mol. The number of para-hydroxylation sites is 1. The highest BCUT2D eigenvalue weighted by Crippen LogP contribution is 2.17. The zero-order valence-corrected chi connectivity index (χ0v) is 11.3. The third-order valence-corrected chi connectivity index (χ3v) is 3.17. The van der Waals surface area contributed by atoms with Gasteiger partial charge in [-0.15, -0.1) is 0 Å². The van der Waals surface area contributed by atoms with Gasteiger partial charge in [-0.25, -0.2) is 0 Å². The van der Waals surface area contributed by atoms with E-state index < -0.39 is 0 Å². The first kappa shape index (κ1) is 13.5. The maximum absolute atomic E-state index is 12.2. The van der Waals surface area contributed by atoms with Crippen molar-refractivity contribution in [2.75, 3.05) is 13.1 Å². The molecule has 0 radical (unpaired) electrons. The predicted octanol–water partition coefficient (Wildman–Crippen LogP) is 1.95. The average molecular weight is 257 g/mol. The number of fused-ring (bicyclic) bond motifs is 1. The van der Waals surface area contributed by atoms with Crippen molar-refractivity contribution >= 4 is 16.8 Å². The van der Waals surface area contributed by atoms with Crippen LogP contribution in [0.2, 0.25) is 0 Å². The van der Waals surface area contributed by atoms with Gasteiger partial charge in [-0.05, 0) is 24.1 Å². The fourth-order valence-corrected chi connectivity index (χ4v) is 1.78. The number of aromatic nitrogens is 1. The molecule has 4 nitrogen and oxygen atoms in total. The third-order valence-electron chi connectivity index (χ3n) is 3.17. The molecule has 0 aliphatic carbocycles. The maximum Gasteiger partial charge on any atom is 0.252 e. The molecule has 0 fully saturated rings. The van der Waals surface area contributed by atoms with Crippen molar-refractivity contribution in [2.24, 2.45) is 11.1 Å². The molecule has 0 unspecified atom stereocenters. The summed E-state index contributed by atoms with van der Waals surface area (Å²) in [6.07, 6.45) is 1.66. The van der Waals surface area contributed by atoms with Gasteiger partial charge in [0.25, 0.3) is 5.91 Å². The Hall–Kier alpha value is -1.94. The van der Waals surface area contributed by atoms with Gasteiger partial charge in [0.15, 0.2) is 0 Å². The number of nitrogens with two attached hydrogens (primary N) is 1. The SMILES string of the molecule is CC(C)(CN)CNC(=O)c1ccnc2ccccc12. The van der Waals surface area contributed by atoms with E-state index in [1.54, 1.807) is 12.3 Å². The molecule has 1 amide bonds. The Kier molecular flexibility index (Phi) is 3.81. The van der Waals surface area contributed by atoms with Crippen molar-refractivity contribution < 1.29 is 4.79 Å². The second-order valence-electron chi connectivity index (χ2n) is 5.43. The molecule has 1 aromatic carbocycles. The molecular weight excluding hydrogens is 238 g/mol. The lowest BCUT2D eigenvalue weighted by atomic mass is 9.94. The van der Waals surface area contributed by atoms with Gasteiger partial charge >= 0.3 is 0 Å². The number of carbonyl (C=O) groups is 1. The van der Waals surface area contributed by atoms with Crippen LogP contribution in [0, 0.1) is 5.41 Å². The molecule has 0 atom stereocenters. The van der Waals surface area contributed by atoms with E-state index in [1.807, 2.05) is 38.1 Å². The highest BCUT2D eigenvalue weighted by Gasteiger charge is 2.18. The number of amides is 1. The molecule has 2 aromatic rings. The van der Waals surface area contributed by atoms with Crippen LogP contribution in [0.5, 0.6) is 0 Å². The molecule has 1 aromatic heterocycles. The Labute approximate surface area is 113 Å². The first-order valence-electron chi connectivity index (χ1n) is 6.35. The number of nitrogens with one attached hydrogen (secondary N) is 1. The van der Waals surface area contributed by atoms with Crippen molar-refractivity contribution in [1.82, 2.24) is 10.3 Å². The molecule has 2 rings (SSSR count). The molecule has 0 saturated heterocycles. The fourth-order valence-electron chi connectivity index (χ4n) is 1.78. The largest absolute Gasteiger partial charge is 0.351 e. The molecule has 1 heterocycles. The average Bonchev–Trinajstić information content (AvgIpc) is 2.44. The second-order valence-corrected chi connectivity index (χ2v) is 5.43. The Balaban J connectivity index is 2.23. The van der Waals surface area contributed by atoms with E-state index in [0.29, 0.717) is 18.7 Å². The van der Waals surface area contributed by atoms with Crippen LogP contribution < -0.4 is 11.1 Å². The summed E-state index contributed by atoms with van der Waals surface area (Å²) in [6, 6.07) is 9.37. The topological polar surface area (TPSA) is 68.0 Å². The molecule has 0 aliphatic rings. The van der Waals surface area contributed by atoms with Gasteiger partial charge in [0.1, 0.15) is 0 Å². The zero-order chi connectivity index (χ0) is 13.9. The summed E-state index contributed by atoms with van der Waals surface area (Å²) in [6.45, 7) is 5.14. The summed E-state index contributed by atoms with van der Waals surface area (Å²) < 4.78 is 0. The summed E-state index contributed by atoms with van der Waals surface area (Å²) in [5, 5.41) is 3.80. The molecule has 4 heteroatoms. The van der Waals surface area contributed by atoms with Crippen LogP contribution >= 0.6 is 0 Å². The van der Waals surface area contributed by atoms with Crippen LogP contribution in [-0.4, -0.2) is 24.0 Å². The molecule has 19 heavy (non-hydrogen) atoms. The van der Waals surface area contributed by atoms with Crippen LogP contribution in [0.25, 0.3) is 10.9 Å². The standard InChI is InChI=1S/C15H19N3O/c1-15(2,9-16)10-18-14(19)12-7-8-17-13-6-4-3-5-11(12)13/h3-8H,9-10,16H2,1-2H3,(H,18,19). The number of benzene rings is 1. The fraction of sp³-hybridized carbons (Fsp3) is 0.333.